The fourth-order valence-corrected chi connectivity index (χ4v) is 3.05. The van der Waals surface area contributed by atoms with E-state index in [-0.39, 0.29) is 6.04 Å². The molecule has 1 fully saturated rings. The maximum atomic E-state index is 10.6. The van der Waals surface area contributed by atoms with E-state index in [1.54, 1.807) is 0 Å². The fraction of sp³-hybridized carbons (Fsp3) is 0.625. The number of ether oxygens (including phenoxy) is 2. The van der Waals surface area contributed by atoms with Gasteiger partial charge in [0.2, 0.25) is 0 Å². The lowest BCUT2D eigenvalue weighted by Gasteiger charge is -2.35. The molecule has 1 aromatic rings. The summed E-state index contributed by atoms with van der Waals surface area (Å²) in [4.78, 5) is 2.38. The van der Waals surface area contributed by atoms with Crippen molar-refractivity contribution >= 4 is 0 Å². The average Bonchev–Trinajstić information content (AvgIpc) is 2.54. The number of piperidine rings is 1. The van der Waals surface area contributed by atoms with Gasteiger partial charge in [-0.1, -0.05) is 12.5 Å². The second-order valence-corrected chi connectivity index (χ2v) is 5.69. The maximum absolute atomic E-state index is 10.6. The lowest BCUT2D eigenvalue weighted by molar-refractivity contribution is 0.0467. The molecule has 1 N–H and O–H groups in total. The molecule has 1 saturated heterocycles. The van der Waals surface area contributed by atoms with E-state index in [4.69, 9.17) is 9.47 Å². The normalized spacial score (nSPS) is 22.3. The van der Waals surface area contributed by atoms with Gasteiger partial charge in [0.15, 0.2) is 11.5 Å². The molecule has 110 valence electrons. The summed E-state index contributed by atoms with van der Waals surface area (Å²) in [6, 6.07) is 5.90. The maximum Gasteiger partial charge on any atom is 0.161 e. The molecular formula is C16H23NO3. The topological polar surface area (TPSA) is 41.9 Å². The van der Waals surface area contributed by atoms with Gasteiger partial charge in [0.25, 0.3) is 0 Å². The fourth-order valence-electron chi connectivity index (χ4n) is 3.05. The first kappa shape index (κ1) is 13.7. The van der Waals surface area contributed by atoms with Crippen LogP contribution in [0.3, 0.4) is 0 Å². The second-order valence-electron chi connectivity index (χ2n) is 5.69. The zero-order chi connectivity index (χ0) is 13.9. The molecule has 2 heterocycles. The standard InChI is InChI=1S/C16H23NO3/c1-12(17-7-3-2-4-8-17)16(18)13-5-6-14-15(11-13)20-10-9-19-14/h5-6,11-12,16,18H,2-4,7-10H2,1H3. The predicted molar refractivity (Wildman–Crippen MR) is 77.3 cm³/mol. The summed E-state index contributed by atoms with van der Waals surface area (Å²) in [6.45, 7) is 5.45. The first-order chi connectivity index (χ1) is 9.75. The number of aliphatic hydroxyl groups is 1. The lowest BCUT2D eigenvalue weighted by Crippen LogP contribution is -2.40. The van der Waals surface area contributed by atoms with E-state index < -0.39 is 6.10 Å². The molecule has 2 atom stereocenters. The predicted octanol–water partition coefficient (Wildman–Crippen LogP) is 2.37. The highest BCUT2D eigenvalue weighted by molar-refractivity contribution is 5.44. The molecule has 0 aliphatic carbocycles. The summed E-state index contributed by atoms with van der Waals surface area (Å²) in [7, 11) is 0. The van der Waals surface area contributed by atoms with Crippen molar-refractivity contribution in [2.75, 3.05) is 26.3 Å². The van der Waals surface area contributed by atoms with Gasteiger partial charge in [-0.3, -0.25) is 4.90 Å². The van der Waals surface area contributed by atoms with Crippen LogP contribution in [0.2, 0.25) is 0 Å². The van der Waals surface area contributed by atoms with E-state index in [0.29, 0.717) is 13.2 Å². The van der Waals surface area contributed by atoms with E-state index in [1.807, 2.05) is 18.2 Å². The Morgan fingerprint density at radius 1 is 1.05 bits per heavy atom. The third kappa shape index (κ3) is 2.76. The van der Waals surface area contributed by atoms with Gasteiger partial charge in [-0.15, -0.1) is 0 Å². The van der Waals surface area contributed by atoms with Crippen LogP contribution < -0.4 is 9.47 Å². The second kappa shape index (κ2) is 6.02. The number of likely N-dealkylation sites (tertiary alicyclic amines) is 1. The Morgan fingerprint density at radius 3 is 2.50 bits per heavy atom. The molecule has 2 aliphatic rings. The van der Waals surface area contributed by atoms with Crippen LogP contribution in [0, 0.1) is 0 Å². The Kier molecular flexibility index (Phi) is 4.13. The number of nitrogens with zero attached hydrogens (tertiary/aromatic N) is 1. The summed E-state index contributed by atoms with van der Waals surface area (Å²) in [5, 5.41) is 10.6. The summed E-state index contributed by atoms with van der Waals surface area (Å²) < 4.78 is 11.1. The van der Waals surface area contributed by atoms with Gasteiger partial charge < -0.3 is 14.6 Å². The SMILES string of the molecule is CC(C(O)c1ccc2c(c1)OCCO2)N1CCCCC1. The Balaban J connectivity index is 1.74. The molecule has 2 unspecified atom stereocenters. The van der Waals surface area contributed by atoms with Crippen LogP contribution in [0.5, 0.6) is 11.5 Å². The van der Waals surface area contributed by atoms with Crippen molar-refractivity contribution < 1.29 is 14.6 Å². The molecule has 4 heteroatoms. The van der Waals surface area contributed by atoms with Crippen LogP contribution in [0.15, 0.2) is 18.2 Å². The third-order valence-electron chi connectivity index (χ3n) is 4.33. The highest BCUT2D eigenvalue weighted by Crippen LogP contribution is 2.34. The quantitative estimate of drug-likeness (QED) is 0.921. The van der Waals surface area contributed by atoms with Gasteiger partial charge in [-0.05, 0) is 50.6 Å². The van der Waals surface area contributed by atoms with Crippen LogP contribution in [-0.2, 0) is 0 Å². The van der Waals surface area contributed by atoms with Gasteiger partial charge in [0, 0.05) is 6.04 Å². The van der Waals surface area contributed by atoms with E-state index in [0.717, 1.165) is 30.2 Å². The molecule has 2 aliphatic heterocycles. The Morgan fingerprint density at radius 2 is 1.75 bits per heavy atom. The summed E-state index contributed by atoms with van der Waals surface area (Å²) in [5.41, 5.74) is 0.910. The summed E-state index contributed by atoms with van der Waals surface area (Å²) >= 11 is 0. The monoisotopic (exact) mass is 277 g/mol. The smallest absolute Gasteiger partial charge is 0.161 e. The number of aliphatic hydroxyl groups excluding tert-OH is 1. The van der Waals surface area contributed by atoms with Gasteiger partial charge in [0.05, 0.1) is 6.10 Å². The highest BCUT2D eigenvalue weighted by atomic mass is 16.6. The molecule has 3 rings (SSSR count). The molecule has 0 aromatic heterocycles. The number of hydrogen-bond donors (Lipinski definition) is 1. The minimum Gasteiger partial charge on any atom is -0.486 e. The van der Waals surface area contributed by atoms with Crippen molar-refractivity contribution in [2.24, 2.45) is 0 Å². The molecule has 0 radical (unpaired) electrons. The molecule has 20 heavy (non-hydrogen) atoms. The van der Waals surface area contributed by atoms with Gasteiger partial charge in [-0.2, -0.15) is 0 Å². The first-order valence-electron chi connectivity index (χ1n) is 7.57. The van der Waals surface area contributed by atoms with E-state index in [2.05, 4.69) is 11.8 Å². The zero-order valence-electron chi connectivity index (χ0n) is 12.0. The minimum atomic E-state index is -0.482. The van der Waals surface area contributed by atoms with Gasteiger partial charge in [-0.25, -0.2) is 0 Å². The zero-order valence-corrected chi connectivity index (χ0v) is 12.0. The lowest BCUT2D eigenvalue weighted by atomic mass is 9.99. The Labute approximate surface area is 120 Å². The number of benzene rings is 1. The average molecular weight is 277 g/mol. The van der Waals surface area contributed by atoms with Crippen molar-refractivity contribution in [3.63, 3.8) is 0 Å². The molecule has 0 bridgehead atoms. The van der Waals surface area contributed by atoms with Gasteiger partial charge >= 0.3 is 0 Å². The summed E-state index contributed by atoms with van der Waals surface area (Å²) in [5.74, 6) is 1.52. The molecule has 0 amide bonds. The third-order valence-corrected chi connectivity index (χ3v) is 4.33. The van der Waals surface area contributed by atoms with E-state index >= 15 is 0 Å². The Hall–Kier alpha value is -1.26. The van der Waals surface area contributed by atoms with E-state index in [9.17, 15) is 5.11 Å². The number of hydrogen-bond acceptors (Lipinski definition) is 4. The van der Waals surface area contributed by atoms with Crippen LogP contribution in [0.4, 0.5) is 0 Å². The number of rotatable bonds is 3. The minimum absolute atomic E-state index is 0.137. The molecule has 1 aromatic carbocycles. The molecule has 4 nitrogen and oxygen atoms in total. The van der Waals surface area contributed by atoms with Crippen molar-refractivity contribution in [3.8, 4) is 11.5 Å². The molecular weight excluding hydrogens is 254 g/mol. The van der Waals surface area contributed by atoms with Crippen LogP contribution in [0.1, 0.15) is 37.9 Å². The van der Waals surface area contributed by atoms with E-state index in [1.165, 1.54) is 19.3 Å². The first-order valence-corrected chi connectivity index (χ1v) is 7.57. The molecule has 0 spiro atoms. The number of fused-ring (bicyclic) bond motifs is 1. The highest BCUT2D eigenvalue weighted by Gasteiger charge is 2.25. The van der Waals surface area contributed by atoms with Crippen molar-refractivity contribution in [1.82, 2.24) is 4.90 Å². The molecule has 0 saturated carbocycles. The Bertz CT molecular complexity index is 457. The van der Waals surface area contributed by atoms with Crippen LogP contribution in [-0.4, -0.2) is 42.4 Å². The van der Waals surface area contributed by atoms with Gasteiger partial charge in [0.1, 0.15) is 13.2 Å². The van der Waals surface area contributed by atoms with Crippen molar-refractivity contribution in [2.45, 2.75) is 38.3 Å². The van der Waals surface area contributed by atoms with Crippen molar-refractivity contribution in [3.05, 3.63) is 23.8 Å². The largest absolute Gasteiger partial charge is 0.486 e. The van der Waals surface area contributed by atoms with Crippen LogP contribution in [0.25, 0.3) is 0 Å². The van der Waals surface area contributed by atoms with Crippen molar-refractivity contribution in [1.29, 1.82) is 0 Å². The van der Waals surface area contributed by atoms with Crippen LogP contribution >= 0.6 is 0 Å². The summed E-state index contributed by atoms with van der Waals surface area (Å²) in [6.07, 6.45) is 3.30.